The number of hydrogen-bond donors (Lipinski definition) is 0. The molecule has 0 N–H and O–H groups in total. The first-order valence-electron chi connectivity index (χ1n) is 5.66. The fourth-order valence-corrected chi connectivity index (χ4v) is 1.98. The van der Waals surface area contributed by atoms with Crippen LogP contribution in [-0.2, 0) is 4.74 Å². The van der Waals surface area contributed by atoms with Crippen molar-refractivity contribution in [2.75, 3.05) is 32.8 Å². The van der Waals surface area contributed by atoms with Gasteiger partial charge in [0.1, 0.15) is 0 Å². The Balaban J connectivity index is 2.08. The molecule has 0 bridgehead atoms. The quantitative estimate of drug-likeness (QED) is 0.650. The number of nitrogens with zero attached hydrogens (tertiary/aromatic N) is 1. The third kappa shape index (κ3) is 4.10. The van der Waals surface area contributed by atoms with Crippen LogP contribution in [0.2, 0.25) is 0 Å². The average molecular weight is 185 g/mol. The van der Waals surface area contributed by atoms with Gasteiger partial charge in [-0.15, -0.1) is 0 Å². The van der Waals surface area contributed by atoms with Crippen LogP contribution >= 0.6 is 0 Å². The van der Waals surface area contributed by atoms with E-state index in [2.05, 4.69) is 18.7 Å². The highest BCUT2D eigenvalue weighted by Gasteiger charge is 2.17. The first-order chi connectivity index (χ1) is 6.36. The molecule has 0 aromatic rings. The Morgan fingerprint density at radius 3 is 2.46 bits per heavy atom. The van der Waals surface area contributed by atoms with Gasteiger partial charge in [0.25, 0.3) is 0 Å². The van der Waals surface area contributed by atoms with E-state index in [0.29, 0.717) is 0 Å². The first-order valence-corrected chi connectivity index (χ1v) is 5.66. The summed E-state index contributed by atoms with van der Waals surface area (Å²) >= 11 is 0. The summed E-state index contributed by atoms with van der Waals surface area (Å²) in [5, 5.41) is 0. The zero-order valence-electron chi connectivity index (χ0n) is 9.09. The van der Waals surface area contributed by atoms with Crippen LogP contribution in [0.5, 0.6) is 0 Å². The Morgan fingerprint density at radius 1 is 1.23 bits per heavy atom. The molecule has 0 aliphatic carbocycles. The summed E-state index contributed by atoms with van der Waals surface area (Å²) in [4.78, 5) is 2.57. The summed E-state index contributed by atoms with van der Waals surface area (Å²) < 4.78 is 5.45. The van der Waals surface area contributed by atoms with E-state index >= 15 is 0 Å². The van der Waals surface area contributed by atoms with Crippen molar-refractivity contribution in [2.24, 2.45) is 5.92 Å². The molecule has 2 nitrogen and oxygen atoms in total. The first kappa shape index (κ1) is 11.0. The molecule has 2 heteroatoms. The summed E-state index contributed by atoms with van der Waals surface area (Å²) in [5.74, 6) is 0.827. The molecule has 0 aromatic carbocycles. The van der Waals surface area contributed by atoms with Gasteiger partial charge in [0.05, 0.1) is 0 Å². The van der Waals surface area contributed by atoms with Crippen molar-refractivity contribution < 1.29 is 4.74 Å². The number of rotatable bonds is 5. The minimum Gasteiger partial charge on any atom is -0.381 e. The largest absolute Gasteiger partial charge is 0.381 e. The second kappa shape index (κ2) is 6.39. The zero-order valence-corrected chi connectivity index (χ0v) is 9.09. The smallest absolute Gasteiger partial charge is 0.0495 e. The van der Waals surface area contributed by atoms with Gasteiger partial charge in [0.15, 0.2) is 0 Å². The average Bonchev–Trinajstić information content (AvgIpc) is 2.17. The lowest BCUT2D eigenvalue weighted by Gasteiger charge is -2.31. The van der Waals surface area contributed by atoms with Crippen molar-refractivity contribution in [1.29, 1.82) is 0 Å². The van der Waals surface area contributed by atoms with Gasteiger partial charge in [-0.2, -0.15) is 0 Å². The summed E-state index contributed by atoms with van der Waals surface area (Å²) in [7, 11) is 0. The van der Waals surface area contributed by atoms with Gasteiger partial charge in [0, 0.05) is 13.2 Å². The van der Waals surface area contributed by atoms with E-state index in [-0.39, 0.29) is 0 Å². The van der Waals surface area contributed by atoms with E-state index in [1.54, 1.807) is 0 Å². The molecule has 0 aromatic heterocycles. The van der Waals surface area contributed by atoms with Crippen molar-refractivity contribution in [2.45, 2.75) is 33.1 Å². The Bertz CT molecular complexity index is 119. The molecule has 1 aliphatic heterocycles. The van der Waals surface area contributed by atoms with Crippen LogP contribution in [0.3, 0.4) is 0 Å². The summed E-state index contributed by atoms with van der Waals surface area (Å²) in [5.41, 5.74) is 0. The third-order valence-electron chi connectivity index (χ3n) is 2.80. The Morgan fingerprint density at radius 2 is 1.92 bits per heavy atom. The molecule has 1 fully saturated rings. The molecule has 1 rings (SSSR count). The molecule has 1 heterocycles. The molecule has 0 amide bonds. The number of likely N-dealkylation sites (tertiary alicyclic amines) is 1. The molecule has 0 saturated carbocycles. The molecule has 0 spiro atoms. The van der Waals surface area contributed by atoms with Gasteiger partial charge in [-0.25, -0.2) is 0 Å². The maximum atomic E-state index is 5.45. The minimum absolute atomic E-state index is 0.827. The van der Waals surface area contributed by atoms with Crippen molar-refractivity contribution in [1.82, 2.24) is 4.90 Å². The Hall–Kier alpha value is -0.0800. The second-order valence-corrected chi connectivity index (χ2v) is 3.94. The standard InChI is InChI=1S/C11H23NO/c1-3-7-12-8-5-11(6-9-12)10-13-4-2/h11H,3-10H2,1-2H3. The van der Waals surface area contributed by atoms with Crippen molar-refractivity contribution in [3.05, 3.63) is 0 Å². The highest BCUT2D eigenvalue weighted by atomic mass is 16.5. The van der Waals surface area contributed by atoms with Gasteiger partial charge in [-0.05, 0) is 51.7 Å². The summed E-state index contributed by atoms with van der Waals surface area (Å²) in [6.07, 6.45) is 3.95. The molecule has 13 heavy (non-hydrogen) atoms. The van der Waals surface area contributed by atoms with E-state index in [4.69, 9.17) is 4.74 Å². The summed E-state index contributed by atoms with van der Waals surface area (Å²) in [6, 6.07) is 0. The van der Waals surface area contributed by atoms with Gasteiger partial charge in [-0.3, -0.25) is 0 Å². The predicted octanol–water partition coefficient (Wildman–Crippen LogP) is 2.14. The number of hydrogen-bond acceptors (Lipinski definition) is 2. The predicted molar refractivity (Wildman–Crippen MR) is 55.9 cm³/mol. The van der Waals surface area contributed by atoms with E-state index in [1.165, 1.54) is 38.9 Å². The monoisotopic (exact) mass is 185 g/mol. The van der Waals surface area contributed by atoms with Gasteiger partial charge in [-0.1, -0.05) is 6.92 Å². The van der Waals surface area contributed by atoms with Crippen LogP contribution in [0, 0.1) is 5.92 Å². The molecule has 1 saturated heterocycles. The van der Waals surface area contributed by atoms with E-state index in [9.17, 15) is 0 Å². The highest BCUT2D eigenvalue weighted by Crippen LogP contribution is 2.17. The number of piperidine rings is 1. The summed E-state index contributed by atoms with van der Waals surface area (Å²) in [6.45, 7) is 10.0. The van der Waals surface area contributed by atoms with Crippen LogP contribution in [0.25, 0.3) is 0 Å². The van der Waals surface area contributed by atoms with Crippen molar-refractivity contribution >= 4 is 0 Å². The second-order valence-electron chi connectivity index (χ2n) is 3.94. The maximum Gasteiger partial charge on any atom is 0.0495 e. The zero-order chi connectivity index (χ0) is 9.52. The fourth-order valence-electron chi connectivity index (χ4n) is 1.98. The van der Waals surface area contributed by atoms with E-state index in [1.807, 2.05) is 0 Å². The van der Waals surface area contributed by atoms with Crippen LogP contribution in [0.15, 0.2) is 0 Å². The molecule has 0 radical (unpaired) electrons. The van der Waals surface area contributed by atoms with Gasteiger partial charge < -0.3 is 9.64 Å². The molecule has 0 unspecified atom stereocenters. The minimum atomic E-state index is 0.827. The SMILES string of the molecule is CCCN1CCC(COCC)CC1. The lowest BCUT2D eigenvalue weighted by Crippen LogP contribution is -2.35. The van der Waals surface area contributed by atoms with Crippen LogP contribution < -0.4 is 0 Å². The Labute approximate surface area is 82.3 Å². The maximum absolute atomic E-state index is 5.45. The van der Waals surface area contributed by atoms with Crippen LogP contribution in [0.4, 0.5) is 0 Å². The van der Waals surface area contributed by atoms with Crippen molar-refractivity contribution in [3.8, 4) is 0 Å². The molecule has 0 atom stereocenters. The molecular weight excluding hydrogens is 162 g/mol. The lowest BCUT2D eigenvalue weighted by atomic mass is 9.98. The topological polar surface area (TPSA) is 12.5 Å². The lowest BCUT2D eigenvalue weighted by molar-refractivity contribution is 0.0742. The number of ether oxygens (including phenoxy) is 1. The third-order valence-corrected chi connectivity index (χ3v) is 2.80. The van der Waals surface area contributed by atoms with E-state index in [0.717, 1.165) is 19.1 Å². The van der Waals surface area contributed by atoms with Gasteiger partial charge in [0.2, 0.25) is 0 Å². The van der Waals surface area contributed by atoms with E-state index < -0.39 is 0 Å². The molecule has 78 valence electrons. The molecular formula is C11H23NO. The van der Waals surface area contributed by atoms with Crippen LogP contribution in [-0.4, -0.2) is 37.7 Å². The fraction of sp³-hybridized carbons (Fsp3) is 1.00. The normalized spacial score (nSPS) is 20.8. The Kier molecular flexibility index (Phi) is 5.40. The highest BCUT2D eigenvalue weighted by molar-refractivity contribution is 4.71. The molecule has 1 aliphatic rings. The van der Waals surface area contributed by atoms with Crippen LogP contribution in [0.1, 0.15) is 33.1 Å². The van der Waals surface area contributed by atoms with Gasteiger partial charge >= 0.3 is 0 Å². The van der Waals surface area contributed by atoms with Crippen molar-refractivity contribution in [3.63, 3.8) is 0 Å².